The molecule has 0 saturated heterocycles. The normalized spacial score (nSPS) is 17.0. The minimum atomic E-state index is -0.388. The van der Waals surface area contributed by atoms with Crippen LogP contribution >= 0.6 is 0 Å². The molecule has 0 amide bonds. The third-order valence-corrected chi connectivity index (χ3v) is 6.78. The third-order valence-electron chi connectivity index (χ3n) is 6.78. The number of rotatable bonds is 8. The fourth-order valence-electron chi connectivity index (χ4n) is 4.54. The number of nitrogens with two attached hydrogens (primary N) is 1. The molecular formula is C30H33N3O4. The summed E-state index contributed by atoms with van der Waals surface area (Å²) in [5.74, 6) is 0.130. The highest BCUT2D eigenvalue weighted by Crippen LogP contribution is 2.33. The molecule has 0 aliphatic heterocycles. The van der Waals surface area contributed by atoms with E-state index in [-0.39, 0.29) is 30.4 Å². The van der Waals surface area contributed by atoms with Crippen LogP contribution in [0.1, 0.15) is 47.2 Å². The summed E-state index contributed by atoms with van der Waals surface area (Å²) in [4.78, 5) is 25.4. The number of carbonyl (C=O) groups excluding carboxylic acids is 2. The minimum Gasteiger partial charge on any atom is -0.457 e. The van der Waals surface area contributed by atoms with Gasteiger partial charge in [0.25, 0.3) is 0 Å². The van der Waals surface area contributed by atoms with Crippen molar-refractivity contribution in [3.05, 3.63) is 89.5 Å². The molecular weight excluding hydrogens is 466 g/mol. The fourth-order valence-corrected chi connectivity index (χ4v) is 4.54. The Kier molecular flexibility index (Phi) is 8.56. The predicted molar refractivity (Wildman–Crippen MR) is 143 cm³/mol. The summed E-state index contributed by atoms with van der Waals surface area (Å²) in [5, 5.41) is 10.2. The van der Waals surface area contributed by atoms with Crippen LogP contribution in [0.4, 0.5) is 0 Å². The molecule has 192 valence electrons. The molecule has 3 aromatic carbocycles. The zero-order valence-electron chi connectivity index (χ0n) is 21.0. The molecule has 7 heteroatoms. The van der Waals surface area contributed by atoms with E-state index in [4.69, 9.17) is 20.6 Å². The zero-order valence-corrected chi connectivity index (χ0v) is 21.0. The highest BCUT2D eigenvalue weighted by Gasteiger charge is 2.28. The molecule has 7 nitrogen and oxygen atoms in total. The Bertz CT molecular complexity index is 1230. The van der Waals surface area contributed by atoms with E-state index in [1.165, 1.54) is 0 Å². The van der Waals surface area contributed by atoms with Crippen molar-refractivity contribution < 1.29 is 19.1 Å². The molecule has 3 aromatic rings. The minimum absolute atomic E-state index is 0.0229. The van der Waals surface area contributed by atoms with Gasteiger partial charge in [-0.3, -0.25) is 10.2 Å². The Labute approximate surface area is 217 Å². The topological polar surface area (TPSA) is 114 Å². The summed E-state index contributed by atoms with van der Waals surface area (Å²) in [6.45, 7) is 2.89. The Hall–Kier alpha value is -4.13. The van der Waals surface area contributed by atoms with E-state index >= 15 is 0 Å². The average molecular weight is 500 g/mol. The number of esters is 2. The van der Waals surface area contributed by atoms with Crippen molar-refractivity contribution in [2.45, 2.75) is 39.2 Å². The summed E-state index contributed by atoms with van der Waals surface area (Å²) in [7, 11) is 0. The second kappa shape index (κ2) is 12.2. The molecule has 0 radical (unpaired) electrons. The van der Waals surface area contributed by atoms with E-state index in [0.717, 1.165) is 47.9 Å². The van der Waals surface area contributed by atoms with Gasteiger partial charge in [0, 0.05) is 12.1 Å². The van der Waals surface area contributed by atoms with Gasteiger partial charge in [-0.25, -0.2) is 4.79 Å². The number of guanidine groups is 1. The first-order chi connectivity index (χ1) is 17.9. The molecule has 37 heavy (non-hydrogen) atoms. The maximum absolute atomic E-state index is 12.9. The summed E-state index contributed by atoms with van der Waals surface area (Å²) < 4.78 is 11.3. The van der Waals surface area contributed by atoms with Crippen LogP contribution in [0.5, 0.6) is 5.75 Å². The van der Waals surface area contributed by atoms with Crippen LogP contribution in [0.25, 0.3) is 11.1 Å². The van der Waals surface area contributed by atoms with Gasteiger partial charge in [0.05, 0.1) is 11.5 Å². The van der Waals surface area contributed by atoms with Crippen molar-refractivity contribution in [3.8, 4) is 16.9 Å². The largest absolute Gasteiger partial charge is 0.457 e. The van der Waals surface area contributed by atoms with Crippen molar-refractivity contribution in [1.82, 2.24) is 5.32 Å². The second-order valence-electron chi connectivity index (χ2n) is 9.57. The quantitative estimate of drug-likeness (QED) is 0.170. The van der Waals surface area contributed by atoms with Crippen molar-refractivity contribution in [2.75, 3.05) is 6.54 Å². The molecule has 0 bridgehead atoms. The van der Waals surface area contributed by atoms with Gasteiger partial charge >= 0.3 is 11.9 Å². The summed E-state index contributed by atoms with van der Waals surface area (Å²) >= 11 is 0. The van der Waals surface area contributed by atoms with Crippen molar-refractivity contribution >= 4 is 17.9 Å². The van der Waals surface area contributed by atoms with Crippen LogP contribution in [0.2, 0.25) is 0 Å². The fraction of sp³-hybridized carbons (Fsp3) is 0.300. The lowest BCUT2D eigenvalue weighted by atomic mass is 9.82. The maximum atomic E-state index is 12.9. The molecule has 0 heterocycles. The van der Waals surface area contributed by atoms with Crippen LogP contribution in [-0.4, -0.2) is 24.4 Å². The smallest absolute Gasteiger partial charge is 0.338 e. The first-order valence-corrected chi connectivity index (χ1v) is 12.6. The van der Waals surface area contributed by atoms with Crippen LogP contribution in [0, 0.1) is 24.2 Å². The highest BCUT2D eigenvalue weighted by atomic mass is 16.5. The molecule has 0 unspecified atom stereocenters. The summed E-state index contributed by atoms with van der Waals surface area (Å²) in [6.07, 6.45) is 3.29. The van der Waals surface area contributed by atoms with Gasteiger partial charge in [-0.15, -0.1) is 0 Å². The Balaban J connectivity index is 1.35. The van der Waals surface area contributed by atoms with Gasteiger partial charge in [-0.05, 0) is 67.9 Å². The van der Waals surface area contributed by atoms with Crippen LogP contribution in [0.15, 0.2) is 72.8 Å². The van der Waals surface area contributed by atoms with Crippen LogP contribution in [-0.2, 0) is 16.1 Å². The lowest BCUT2D eigenvalue weighted by Crippen LogP contribution is -2.36. The lowest BCUT2D eigenvalue weighted by Gasteiger charge is -2.27. The number of benzene rings is 3. The number of nitrogens with one attached hydrogen (secondary N) is 2. The van der Waals surface area contributed by atoms with Gasteiger partial charge in [0.15, 0.2) is 5.96 Å². The van der Waals surface area contributed by atoms with Gasteiger partial charge in [-0.1, -0.05) is 60.2 Å². The SMILES string of the molecule is Cc1ccc(COC(=O)c2ccc(-c3ccccc3OC(=O)[C@H]3CC[C@H](CNC(=N)N)CC3)cc2)cc1. The van der Waals surface area contributed by atoms with Crippen LogP contribution in [0.3, 0.4) is 0 Å². The van der Waals surface area contributed by atoms with E-state index in [1.54, 1.807) is 18.2 Å². The third kappa shape index (κ3) is 7.19. The Morgan fingerprint density at radius 1 is 0.946 bits per heavy atom. The van der Waals surface area contributed by atoms with E-state index < -0.39 is 0 Å². The molecule has 4 N–H and O–H groups in total. The van der Waals surface area contributed by atoms with Gasteiger partial charge < -0.3 is 20.5 Å². The number of para-hydroxylation sites is 1. The number of hydrogen-bond donors (Lipinski definition) is 3. The first-order valence-electron chi connectivity index (χ1n) is 12.6. The van der Waals surface area contributed by atoms with E-state index in [0.29, 0.717) is 23.8 Å². The Morgan fingerprint density at radius 2 is 1.62 bits per heavy atom. The molecule has 0 atom stereocenters. The van der Waals surface area contributed by atoms with Gasteiger partial charge in [0.1, 0.15) is 12.4 Å². The standard InChI is InChI=1S/C30H33N3O4/c1-20-6-8-22(9-7-20)19-36-28(34)24-16-14-23(15-17-24)26-4-2-3-5-27(26)37-29(35)25-12-10-21(11-13-25)18-33-30(31)32/h2-9,14-17,21,25H,10-13,18-19H2,1H3,(H4,31,32,33)/t21-,25-. The molecule has 4 rings (SSSR count). The Morgan fingerprint density at radius 3 is 2.30 bits per heavy atom. The summed E-state index contributed by atoms with van der Waals surface area (Å²) in [5.41, 5.74) is 9.56. The van der Waals surface area contributed by atoms with Gasteiger partial charge in [0.2, 0.25) is 0 Å². The molecule has 1 aliphatic rings. The number of hydrogen-bond acceptors (Lipinski definition) is 5. The molecule has 1 saturated carbocycles. The zero-order chi connectivity index (χ0) is 26.2. The van der Waals surface area contributed by atoms with Crippen LogP contribution < -0.4 is 15.8 Å². The number of ether oxygens (including phenoxy) is 2. The second-order valence-corrected chi connectivity index (χ2v) is 9.57. The van der Waals surface area contributed by atoms with E-state index in [1.807, 2.05) is 61.5 Å². The highest BCUT2D eigenvalue weighted by molar-refractivity contribution is 5.90. The van der Waals surface area contributed by atoms with Crippen molar-refractivity contribution in [2.24, 2.45) is 17.6 Å². The van der Waals surface area contributed by atoms with Crippen molar-refractivity contribution in [3.63, 3.8) is 0 Å². The summed E-state index contributed by atoms with van der Waals surface area (Å²) in [6, 6.07) is 22.4. The molecule has 0 spiro atoms. The molecule has 0 aromatic heterocycles. The number of aryl methyl sites for hydroxylation is 1. The number of carbonyl (C=O) groups is 2. The monoisotopic (exact) mass is 499 g/mol. The molecule has 1 aliphatic carbocycles. The maximum Gasteiger partial charge on any atom is 0.338 e. The van der Waals surface area contributed by atoms with Gasteiger partial charge in [-0.2, -0.15) is 0 Å². The molecule has 1 fully saturated rings. The van der Waals surface area contributed by atoms with E-state index in [2.05, 4.69) is 5.32 Å². The lowest BCUT2D eigenvalue weighted by molar-refractivity contribution is -0.140. The predicted octanol–water partition coefficient (Wildman–Crippen LogP) is 5.21. The van der Waals surface area contributed by atoms with E-state index in [9.17, 15) is 9.59 Å². The average Bonchev–Trinajstić information content (AvgIpc) is 2.92. The van der Waals surface area contributed by atoms with Crippen molar-refractivity contribution in [1.29, 1.82) is 5.41 Å². The first kappa shape index (κ1) is 25.9.